The largest absolute Gasteiger partial charge is 0.495 e. The molecule has 2 aliphatic rings. The molecule has 2 N–H and O–H groups in total. The molecule has 41 heavy (non-hydrogen) atoms. The second-order valence-corrected chi connectivity index (χ2v) is 9.97. The number of hydroxylamine groups is 2. The Hall–Kier alpha value is -3.94. The van der Waals surface area contributed by atoms with Crippen molar-refractivity contribution >= 4 is 17.5 Å². The summed E-state index contributed by atoms with van der Waals surface area (Å²) in [6, 6.07) is 10.6. The number of ether oxygens (including phenoxy) is 2. The molecule has 2 aliphatic heterocycles. The maximum atomic E-state index is 13.9. The summed E-state index contributed by atoms with van der Waals surface area (Å²) in [4.78, 5) is 28.0. The Morgan fingerprint density at radius 2 is 1.98 bits per heavy atom. The molecule has 1 atom stereocenters. The number of fused-ring (bicyclic) bond motifs is 1. The molecule has 1 saturated heterocycles. The number of nitrogens with one attached hydrogen (secondary N) is 2. The molecule has 10 nitrogen and oxygen atoms in total. The van der Waals surface area contributed by atoms with E-state index in [1.54, 1.807) is 18.2 Å². The van der Waals surface area contributed by atoms with Gasteiger partial charge >= 0.3 is 6.18 Å². The van der Waals surface area contributed by atoms with Gasteiger partial charge in [-0.3, -0.25) is 9.63 Å². The lowest BCUT2D eigenvalue weighted by Crippen LogP contribution is -2.43. The van der Waals surface area contributed by atoms with Crippen LogP contribution in [0.1, 0.15) is 39.9 Å². The molecule has 0 spiro atoms. The fourth-order valence-corrected chi connectivity index (χ4v) is 5.00. The van der Waals surface area contributed by atoms with Gasteiger partial charge in [0.25, 0.3) is 5.91 Å². The molecule has 0 bridgehead atoms. The number of benzene rings is 2. The molecule has 0 saturated carbocycles. The first-order valence-corrected chi connectivity index (χ1v) is 13.1. The highest BCUT2D eigenvalue weighted by molar-refractivity contribution is 6.00. The van der Waals surface area contributed by atoms with Crippen LogP contribution in [0.5, 0.6) is 17.4 Å². The van der Waals surface area contributed by atoms with Gasteiger partial charge < -0.3 is 25.0 Å². The summed E-state index contributed by atoms with van der Waals surface area (Å²) in [5.74, 6) is -0.999. The lowest BCUT2D eigenvalue weighted by Gasteiger charge is -2.30. The molecule has 1 fully saturated rings. The van der Waals surface area contributed by atoms with E-state index in [2.05, 4.69) is 32.5 Å². The predicted octanol–water partition coefficient (Wildman–Crippen LogP) is 4.74. The fourth-order valence-electron chi connectivity index (χ4n) is 5.00. The third kappa shape index (κ3) is 6.37. The second kappa shape index (κ2) is 11.9. The number of likely N-dealkylation sites (tertiary alicyclic amines) is 1. The van der Waals surface area contributed by atoms with Gasteiger partial charge in [-0.2, -0.15) is 18.2 Å². The number of carbonyl (C=O) groups excluding carboxylic acids is 1. The van der Waals surface area contributed by atoms with Crippen molar-refractivity contribution in [2.45, 2.75) is 38.1 Å². The highest BCUT2D eigenvalue weighted by Gasteiger charge is 2.38. The number of rotatable bonds is 9. The molecule has 0 unspecified atom stereocenters. The molecular formula is C28H31F3N6O4. The number of aromatic nitrogens is 2. The SMILES string of the molecule is COc1cc(CN[C@@H]2CCCN(C)C2)ccc1Nc1ncc(C(F)(F)F)c(Oc2cccc3c2C(=O)N(OC)C3)n1. The number of carbonyl (C=O) groups is 1. The highest BCUT2D eigenvalue weighted by Crippen LogP contribution is 2.40. The monoisotopic (exact) mass is 572 g/mol. The molecule has 218 valence electrons. The number of methoxy groups -OCH3 is 1. The van der Waals surface area contributed by atoms with Crippen molar-refractivity contribution in [2.75, 3.05) is 39.7 Å². The Kier molecular flexibility index (Phi) is 8.29. The Morgan fingerprint density at radius 3 is 2.71 bits per heavy atom. The van der Waals surface area contributed by atoms with Gasteiger partial charge in [0.15, 0.2) is 0 Å². The number of likely N-dealkylation sites (N-methyl/N-ethyl adjacent to an activating group) is 1. The van der Waals surface area contributed by atoms with E-state index >= 15 is 0 Å². The van der Waals surface area contributed by atoms with Gasteiger partial charge in [-0.25, -0.2) is 10.0 Å². The zero-order chi connectivity index (χ0) is 29.1. The number of piperidine rings is 1. The number of hydrogen-bond acceptors (Lipinski definition) is 9. The van der Waals surface area contributed by atoms with Crippen molar-refractivity contribution in [3.63, 3.8) is 0 Å². The van der Waals surface area contributed by atoms with E-state index < -0.39 is 23.5 Å². The molecule has 3 aromatic rings. The minimum atomic E-state index is -4.80. The summed E-state index contributed by atoms with van der Waals surface area (Å²) < 4.78 is 52.8. The molecule has 13 heteroatoms. The van der Waals surface area contributed by atoms with E-state index in [0.717, 1.165) is 36.6 Å². The Bertz CT molecular complexity index is 1420. The Labute approximate surface area is 235 Å². The number of hydrogen-bond donors (Lipinski definition) is 2. The Morgan fingerprint density at radius 1 is 1.15 bits per heavy atom. The van der Waals surface area contributed by atoms with Gasteiger partial charge in [-0.05, 0) is 55.8 Å². The minimum Gasteiger partial charge on any atom is -0.495 e. The van der Waals surface area contributed by atoms with Crippen LogP contribution in [0.15, 0.2) is 42.6 Å². The first kappa shape index (κ1) is 28.6. The number of amides is 1. The van der Waals surface area contributed by atoms with Crippen molar-refractivity contribution in [3.05, 3.63) is 64.8 Å². The van der Waals surface area contributed by atoms with Gasteiger partial charge in [0, 0.05) is 25.3 Å². The van der Waals surface area contributed by atoms with Crippen LogP contribution in [0.4, 0.5) is 24.8 Å². The van der Waals surface area contributed by atoms with Gasteiger partial charge in [0.2, 0.25) is 11.8 Å². The van der Waals surface area contributed by atoms with Crippen LogP contribution in [0, 0.1) is 0 Å². The van der Waals surface area contributed by atoms with Gasteiger partial charge in [-0.1, -0.05) is 18.2 Å². The third-order valence-corrected chi connectivity index (χ3v) is 7.08. The van der Waals surface area contributed by atoms with Crippen LogP contribution in [-0.4, -0.2) is 66.2 Å². The van der Waals surface area contributed by atoms with Crippen LogP contribution in [0.3, 0.4) is 0 Å². The van der Waals surface area contributed by atoms with E-state index in [0.29, 0.717) is 35.8 Å². The zero-order valence-corrected chi connectivity index (χ0v) is 22.9. The second-order valence-electron chi connectivity index (χ2n) is 9.97. The summed E-state index contributed by atoms with van der Waals surface area (Å²) in [5.41, 5.74) is 0.944. The number of nitrogens with zero attached hydrogens (tertiary/aromatic N) is 4. The molecular weight excluding hydrogens is 541 g/mol. The minimum absolute atomic E-state index is 0.0687. The lowest BCUT2D eigenvalue weighted by atomic mass is 10.1. The quantitative estimate of drug-likeness (QED) is 0.377. The Balaban J connectivity index is 1.38. The summed E-state index contributed by atoms with van der Waals surface area (Å²) >= 11 is 0. The van der Waals surface area contributed by atoms with Crippen molar-refractivity contribution < 1.29 is 32.3 Å². The summed E-state index contributed by atoms with van der Waals surface area (Å²) in [5, 5.41) is 7.59. The standard InChI is InChI=1S/C28H31F3N6O4/c1-36-11-5-7-19(16-36)32-13-17-9-10-21(23(12-17)39-2)34-27-33-14-20(28(29,30)31)25(35-27)41-22-8-4-6-18-15-37(40-3)26(38)24(18)22/h4,6,8-10,12,14,19,32H,5,7,11,13,15-16H2,1-3H3,(H,33,34,35)/t19-/m1/s1. The van der Waals surface area contributed by atoms with Crippen LogP contribution >= 0.6 is 0 Å². The maximum Gasteiger partial charge on any atom is 0.423 e. The predicted molar refractivity (Wildman–Crippen MR) is 144 cm³/mol. The number of alkyl halides is 3. The zero-order valence-electron chi connectivity index (χ0n) is 22.9. The van der Waals surface area contributed by atoms with Crippen molar-refractivity contribution in [3.8, 4) is 17.4 Å². The average Bonchev–Trinajstić information content (AvgIpc) is 3.28. The molecule has 0 aliphatic carbocycles. The fraction of sp³-hybridized carbons (Fsp3) is 0.393. The lowest BCUT2D eigenvalue weighted by molar-refractivity contribution is -0.139. The smallest absolute Gasteiger partial charge is 0.423 e. The molecule has 1 amide bonds. The van der Waals surface area contributed by atoms with Crippen molar-refractivity contribution in [1.29, 1.82) is 0 Å². The van der Waals surface area contributed by atoms with Gasteiger partial charge in [0.1, 0.15) is 17.1 Å². The molecule has 0 radical (unpaired) electrons. The summed E-state index contributed by atoms with van der Waals surface area (Å²) in [6.07, 6.45) is -1.90. The van der Waals surface area contributed by atoms with Crippen molar-refractivity contribution in [1.82, 2.24) is 25.2 Å². The van der Waals surface area contributed by atoms with E-state index in [4.69, 9.17) is 14.3 Å². The van der Waals surface area contributed by atoms with E-state index in [1.807, 2.05) is 12.1 Å². The number of halogens is 3. The molecule has 3 heterocycles. The van der Waals surface area contributed by atoms with E-state index in [-0.39, 0.29) is 23.8 Å². The summed E-state index contributed by atoms with van der Waals surface area (Å²) in [7, 11) is 4.95. The molecule has 2 aromatic carbocycles. The maximum absolute atomic E-state index is 13.9. The third-order valence-electron chi connectivity index (χ3n) is 7.08. The van der Waals surface area contributed by atoms with E-state index in [1.165, 1.54) is 20.3 Å². The van der Waals surface area contributed by atoms with Crippen LogP contribution in [0.25, 0.3) is 0 Å². The molecule has 5 rings (SSSR count). The topological polar surface area (TPSA) is 101 Å². The van der Waals surface area contributed by atoms with Crippen LogP contribution in [0.2, 0.25) is 0 Å². The first-order chi connectivity index (χ1) is 19.7. The van der Waals surface area contributed by atoms with Crippen molar-refractivity contribution in [2.24, 2.45) is 0 Å². The van der Waals surface area contributed by atoms with E-state index in [9.17, 15) is 18.0 Å². The molecule has 1 aromatic heterocycles. The normalized spacial score (nSPS) is 17.5. The average molecular weight is 573 g/mol. The van der Waals surface area contributed by atoms with Crippen LogP contribution in [-0.2, 0) is 24.1 Å². The van der Waals surface area contributed by atoms with Gasteiger partial charge in [0.05, 0.1) is 32.0 Å². The van der Waals surface area contributed by atoms with Crippen LogP contribution < -0.4 is 20.1 Å². The first-order valence-electron chi connectivity index (χ1n) is 13.1. The highest BCUT2D eigenvalue weighted by atomic mass is 19.4. The number of anilines is 2. The van der Waals surface area contributed by atoms with Gasteiger partial charge in [-0.15, -0.1) is 0 Å². The summed E-state index contributed by atoms with van der Waals surface area (Å²) in [6.45, 7) is 2.87.